The Morgan fingerprint density at radius 2 is 2.05 bits per heavy atom. The fourth-order valence-electron chi connectivity index (χ4n) is 2.04. The van der Waals surface area contributed by atoms with Crippen molar-refractivity contribution in [3.8, 4) is 0 Å². The Hall–Kier alpha value is -1.50. The van der Waals surface area contributed by atoms with Crippen LogP contribution in [0.1, 0.15) is 30.8 Å². The van der Waals surface area contributed by atoms with Crippen LogP contribution in [0.5, 0.6) is 0 Å². The number of aromatic nitrogens is 2. The average Bonchev–Trinajstić information content (AvgIpc) is 2.64. The van der Waals surface area contributed by atoms with Gasteiger partial charge >= 0.3 is 0 Å². The molecule has 7 heteroatoms. The number of carbonyl (C=O) groups is 1. The number of aryl methyl sites for hydroxylation is 1. The van der Waals surface area contributed by atoms with E-state index in [2.05, 4.69) is 24.3 Å². The van der Waals surface area contributed by atoms with E-state index in [9.17, 15) is 13.6 Å². The van der Waals surface area contributed by atoms with Crippen LogP contribution >= 0.6 is 0 Å². The Balaban J connectivity index is 2.70. The number of rotatable bonds is 7. The van der Waals surface area contributed by atoms with Gasteiger partial charge in [0.1, 0.15) is 0 Å². The number of hydrogen-bond donors (Lipinski definition) is 2. The van der Waals surface area contributed by atoms with Gasteiger partial charge in [-0.25, -0.2) is 8.78 Å². The second kappa shape index (κ2) is 6.98. The van der Waals surface area contributed by atoms with Crippen LogP contribution in [0, 0.1) is 19.8 Å². The summed E-state index contributed by atoms with van der Waals surface area (Å²) in [6.07, 6.45) is 0.0520. The van der Waals surface area contributed by atoms with Crippen LogP contribution in [0.3, 0.4) is 0 Å². The zero-order valence-electron chi connectivity index (χ0n) is 13.0. The van der Waals surface area contributed by atoms with E-state index >= 15 is 0 Å². The van der Waals surface area contributed by atoms with Gasteiger partial charge < -0.3 is 11.1 Å². The number of nitrogens with zero attached hydrogens (tertiary/aromatic N) is 2. The van der Waals surface area contributed by atoms with E-state index in [-0.39, 0.29) is 6.42 Å². The van der Waals surface area contributed by atoms with E-state index in [1.807, 2.05) is 18.5 Å². The number of amides is 1. The van der Waals surface area contributed by atoms with Crippen molar-refractivity contribution in [2.75, 3.05) is 13.1 Å². The molecule has 0 fully saturated rings. The highest BCUT2D eigenvalue weighted by molar-refractivity contribution is 5.79. The summed E-state index contributed by atoms with van der Waals surface area (Å²) in [7, 11) is 0. The van der Waals surface area contributed by atoms with Crippen LogP contribution in [0.2, 0.25) is 0 Å². The second-order valence-electron chi connectivity index (χ2n) is 5.74. The number of alkyl halides is 2. The molecule has 3 N–H and O–H groups in total. The van der Waals surface area contributed by atoms with Gasteiger partial charge in [0, 0.05) is 17.8 Å². The molecule has 0 atom stereocenters. The molecule has 0 radical (unpaired) electrons. The van der Waals surface area contributed by atoms with E-state index in [4.69, 9.17) is 5.73 Å². The SMILES string of the molecule is Cc1nn(CC(C)C)c(C)c1CC(=O)NCC(F)(F)CN. The van der Waals surface area contributed by atoms with E-state index in [0.29, 0.717) is 5.92 Å². The molecule has 0 aliphatic carbocycles. The lowest BCUT2D eigenvalue weighted by molar-refractivity contribution is -0.122. The van der Waals surface area contributed by atoms with Gasteiger partial charge in [0.15, 0.2) is 0 Å². The summed E-state index contributed by atoms with van der Waals surface area (Å²) in [6, 6.07) is 0. The van der Waals surface area contributed by atoms with Crippen molar-refractivity contribution in [1.82, 2.24) is 15.1 Å². The first-order valence-corrected chi connectivity index (χ1v) is 7.03. The van der Waals surface area contributed by atoms with Crippen LogP contribution < -0.4 is 11.1 Å². The maximum atomic E-state index is 13.0. The summed E-state index contributed by atoms with van der Waals surface area (Å²) in [5.74, 6) is -3.08. The van der Waals surface area contributed by atoms with Gasteiger partial charge in [-0.05, 0) is 19.8 Å². The highest BCUT2D eigenvalue weighted by Crippen LogP contribution is 2.15. The quantitative estimate of drug-likeness (QED) is 0.800. The molecule has 0 aromatic carbocycles. The molecule has 0 aliphatic heterocycles. The van der Waals surface area contributed by atoms with Crippen LogP contribution in [-0.2, 0) is 17.8 Å². The monoisotopic (exact) mass is 302 g/mol. The van der Waals surface area contributed by atoms with E-state index in [0.717, 1.165) is 23.5 Å². The highest BCUT2D eigenvalue weighted by atomic mass is 19.3. The topological polar surface area (TPSA) is 72.9 Å². The molecule has 1 amide bonds. The predicted octanol–water partition coefficient (Wildman–Crippen LogP) is 1.41. The third-order valence-electron chi connectivity index (χ3n) is 3.25. The zero-order valence-corrected chi connectivity index (χ0v) is 13.0. The fourth-order valence-corrected chi connectivity index (χ4v) is 2.04. The van der Waals surface area contributed by atoms with Crippen molar-refractivity contribution in [1.29, 1.82) is 0 Å². The summed E-state index contributed by atoms with van der Waals surface area (Å²) in [4.78, 5) is 11.8. The molecule has 1 rings (SSSR count). The molecule has 0 bridgehead atoms. The molecule has 0 saturated heterocycles. The summed E-state index contributed by atoms with van der Waals surface area (Å²) < 4.78 is 27.9. The summed E-state index contributed by atoms with van der Waals surface area (Å²) in [6.45, 7) is 7.12. The van der Waals surface area contributed by atoms with Crippen LogP contribution in [-0.4, -0.2) is 34.7 Å². The Morgan fingerprint density at radius 1 is 1.43 bits per heavy atom. The van der Waals surface area contributed by atoms with Crippen molar-refractivity contribution < 1.29 is 13.6 Å². The van der Waals surface area contributed by atoms with E-state index in [1.54, 1.807) is 0 Å². The molecule has 1 heterocycles. The number of carbonyl (C=O) groups excluding carboxylic acids is 1. The molecule has 21 heavy (non-hydrogen) atoms. The maximum absolute atomic E-state index is 13.0. The molecule has 0 spiro atoms. The summed E-state index contributed by atoms with van der Waals surface area (Å²) in [5.41, 5.74) is 7.39. The largest absolute Gasteiger partial charge is 0.350 e. The predicted molar refractivity (Wildman–Crippen MR) is 77.3 cm³/mol. The van der Waals surface area contributed by atoms with Crippen LogP contribution in [0.25, 0.3) is 0 Å². The number of halogens is 2. The van der Waals surface area contributed by atoms with Gasteiger partial charge in [-0.3, -0.25) is 9.48 Å². The first-order valence-electron chi connectivity index (χ1n) is 7.03. The molecule has 5 nitrogen and oxygen atoms in total. The lowest BCUT2D eigenvalue weighted by Crippen LogP contribution is -2.42. The van der Waals surface area contributed by atoms with Gasteiger partial charge in [-0.15, -0.1) is 0 Å². The average molecular weight is 302 g/mol. The van der Waals surface area contributed by atoms with Crippen molar-refractivity contribution in [2.24, 2.45) is 11.7 Å². The molecule has 1 aromatic heterocycles. The summed E-state index contributed by atoms with van der Waals surface area (Å²) >= 11 is 0. The lowest BCUT2D eigenvalue weighted by Gasteiger charge is -2.14. The Labute approximate surface area is 123 Å². The highest BCUT2D eigenvalue weighted by Gasteiger charge is 2.27. The van der Waals surface area contributed by atoms with Gasteiger partial charge in [0.25, 0.3) is 5.92 Å². The van der Waals surface area contributed by atoms with Crippen molar-refractivity contribution in [3.05, 3.63) is 17.0 Å². The molecule has 0 saturated carbocycles. The third kappa shape index (κ3) is 5.08. The fraction of sp³-hybridized carbons (Fsp3) is 0.714. The van der Waals surface area contributed by atoms with Crippen LogP contribution in [0.15, 0.2) is 0 Å². The minimum absolute atomic E-state index is 0.0520. The smallest absolute Gasteiger partial charge is 0.277 e. The minimum Gasteiger partial charge on any atom is -0.350 e. The van der Waals surface area contributed by atoms with Gasteiger partial charge in [-0.2, -0.15) is 5.10 Å². The number of nitrogens with one attached hydrogen (secondary N) is 1. The molecule has 0 aliphatic rings. The first kappa shape index (κ1) is 17.6. The van der Waals surface area contributed by atoms with Gasteiger partial charge in [0.05, 0.1) is 25.2 Å². The number of nitrogens with two attached hydrogens (primary N) is 1. The Morgan fingerprint density at radius 3 is 2.57 bits per heavy atom. The van der Waals surface area contributed by atoms with Crippen molar-refractivity contribution >= 4 is 5.91 Å². The van der Waals surface area contributed by atoms with Crippen molar-refractivity contribution in [3.63, 3.8) is 0 Å². The Bertz CT molecular complexity index is 497. The lowest BCUT2D eigenvalue weighted by atomic mass is 10.1. The molecule has 1 aromatic rings. The standard InChI is InChI=1S/C14H24F2N4O/c1-9(2)6-20-11(4)12(10(3)19-20)5-13(21)18-8-14(15,16)7-17/h9H,5-8,17H2,1-4H3,(H,18,21). The maximum Gasteiger partial charge on any atom is 0.277 e. The van der Waals surface area contributed by atoms with Gasteiger partial charge in [0.2, 0.25) is 5.91 Å². The molecular weight excluding hydrogens is 278 g/mol. The van der Waals surface area contributed by atoms with Gasteiger partial charge in [-0.1, -0.05) is 13.8 Å². The first-order chi connectivity index (χ1) is 9.66. The normalized spacial score (nSPS) is 12.0. The third-order valence-corrected chi connectivity index (χ3v) is 3.25. The zero-order chi connectivity index (χ0) is 16.2. The number of hydrogen-bond acceptors (Lipinski definition) is 3. The second-order valence-corrected chi connectivity index (χ2v) is 5.74. The molecular formula is C14H24F2N4O. The van der Waals surface area contributed by atoms with E-state index in [1.165, 1.54) is 0 Å². The van der Waals surface area contributed by atoms with Crippen LogP contribution in [0.4, 0.5) is 8.78 Å². The van der Waals surface area contributed by atoms with Crippen molar-refractivity contribution in [2.45, 2.75) is 46.6 Å². The molecule has 0 unspecified atom stereocenters. The molecule has 120 valence electrons. The Kier molecular flexibility index (Phi) is 5.83. The summed E-state index contributed by atoms with van der Waals surface area (Å²) in [5, 5.41) is 6.62. The van der Waals surface area contributed by atoms with E-state index < -0.39 is 24.9 Å². The minimum atomic E-state index is -3.07.